The summed E-state index contributed by atoms with van der Waals surface area (Å²) < 4.78 is 51.9. The van der Waals surface area contributed by atoms with Gasteiger partial charge in [-0.15, -0.1) is 13.2 Å². The maximum absolute atomic E-state index is 12.2. The number of hydrogen-bond acceptors (Lipinski definition) is 6. The van der Waals surface area contributed by atoms with Gasteiger partial charge in [0.1, 0.15) is 30.1 Å². The number of oxazole rings is 1. The van der Waals surface area contributed by atoms with Crippen molar-refractivity contribution in [3.63, 3.8) is 0 Å². The Labute approximate surface area is 206 Å². The summed E-state index contributed by atoms with van der Waals surface area (Å²) in [6.45, 7) is 2.32. The largest absolute Gasteiger partial charge is 0.573 e. The van der Waals surface area contributed by atoms with Gasteiger partial charge in [-0.05, 0) is 79.6 Å². The average Bonchev–Trinajstić information content (AvgIpc) is 3.52. The number of alkyl halides is 3. The first-order chi connectivity index (χ1) is 17.3. The molecule has 0 saturated heterocycles. The zero-order valence-corrected chi connectivity index (χ0v) is 19.6. The van der Waals surface area contributed by atoms with E-state index in [2.05, 4.69) is 38.1 Å². The summed E-state index contributed by atoms with van der Waals surface area (Å²) in [5.41, 5.74) is 4.74. The fourth-order valence-corrected chi connectivity index (χ4v) is 3.58. The summed E-state index contributed by atoms with van der Waals surface area (Å²) in [5.74, 6) is 0.836. The predicted octanol–water partition coefficient (Wildman–Crippen LogP) is 6.31. The van der Waals surface area contributed by atoms with Crippen molar-refractivity contribution in [2.45, 2.75) is 45.6 Å². The van der Waals surface area contributed by atoms with Crippen LogP contribution in [0.2, 0.25) is 0 Å². The summed E-state index contributed by atoms with van der Waals surface area (Å²) in [6, 6.07) is 11.6. The number of nitrogens with one attached hydrogen (secondary N) is 1. The Hall–Kier alpha value is -4.08. The van der Waals surface area contributed by atoms with E-state index in [9.17, 15) is 13.2 Å². The fourth-order valence-electron chi connectivity index (χ4n) is 3.58. The van der Waals surface area contributed by atoms with Gasteiger partial charge in [0, 0.05) is 6.08 Å². The smallest absolute Gasteiger partial charge is 0.487 e. The first-order valence-electron chi connectivity index (χ1n) is 11.4. The maximum Gasteiger partial charge on any atom is 0.573 e. The molecular formula is C26H25F3N4O3. The lowest BCUT2D eigenvalue weighted by Crippen LogP contribution is -2.16. The lowest BCUT2D eigenvalue weighted by atomic mass is 10.0. The minimum absolute atomic E-state index is 0.247. The number of halogens is 3. The van der Waals surface area contributed by atoms with Crippen molar-refractivity contribution in [3.05, 3.63) is 88.9 Å². The van der Waals surface area contributed by atoms with Crippen molar-refractivity contribution in [3.8, 4) is 11.5 Å². The van der Waals surface area contributed by atoms with E-state index in [1.54, 1.807) is 18.3 Å². The van der Waals surface area contributed by atoms with Crippen molar-refractivity contribution in [1.29, 1.82) is 0 Å². The standard InChI is InChI=1S/C26H25F3N4O3/c1-18-14-24(12-9-20(18)4-2-3-5-21-15-30-33-32-21)34-16-22-17-35-25(31-22)13-8-19-6-10-23(11-7-19)36-26(27,28)29/h6-15,17H,2-5,16H2,1H3,(H,30,32,33). The van der Waals surface area contributed by atoms with E-state index in [4.69, 9.17) is 9.15 Å². The number of aromatic nitrogens is 4. The highest BCUT2D eigenvalue weighted by atomic mass is 19.4. The van der Waals surface area contributed by atoms with Crippen LogP contribution >= 0.6 is 0 Å². The third kappa shape index (κ3) is 7.72. The minimum atomic E-state index is -4.71. The molecule has 36 heavy (non-hydrogen) atoms. The molecule has 0 spiro atoms. The highest BCUT2D eigenvalue weighted by Gasteiger charge is 2.30. The lowest BCUT2D eigenvalue weighted by molar-refractivity contribution is -0.274. The minimum Gasteiger partial charge on any atom is -0.487 e. The second kappa shape index (κ2) is 11.6. The van der Waals surface area contributed by atoms with Crippen molar-refractivity contribution in [1.82, 2.24) is 20.4 Å². The second-order valence-electron chi connectivity index (χ2n) is 8.17. The zero-order valence-electron chi connectivity index (χ0n) is 19.6. The fraction of sp³-hybridized carbons (Fsp3) is 0.269. The highest BCUT2D eigenvalue weighted by Crippen LogP contribution is 2.24. The first-order valence-corrected chi connectivity index (χ1v) is 11.4. The molecule has 0 aliphatic heterocycles. The van der Waals surface area contributed by atoms with Crippen molar-refractivity contribution < 1.29 is 27.1 Å². The number of ether oxygens (including phenoxy) is 2. The molecule has 1 N–H and O–H groups in total. The van der Waals surface area contributed by atoms with Gasteiger partial charge in [0.2, 0.25) is 5.89 Å². The number of unbranched alkanes of at least 4 members (excludes halogenated alkanes) is 1. The van der Waals surface area contributed by atoms with Gasteiger partial charge >= 0.3 is 6.36 Å². The van der Waals surface area contributed by atoms with Crippen LogP contribution in [0.25, 0.3) is 12.2 Å². The van der Waals surface area contributed by atoms with Crippen molar-refractivity contribution in [2.75, 3.05) is 0 Å². The number of aryl methyl sites for hydroxylation is 3. The molecule has 0 bridgehead atoms. The van der Waals surface area contributed by atoms with Crippen LogP contribution in [-0.2, 0) is 19.4 Å². The molecule has 0 amide bonds. The van der Waals surface area contributed by atoms with Gasteiger partial charge in [-0.25, -0.2) is 4.98 Å². The zero-order chi connectivity index (χ0) is 25.4. The molecule has 2 aromatic carbocycles. The van der Waals surface area contributed by atoms with E-state index in [0.717, 1.165) is 37.1 Å². The molecule has 0 fully saturated rings. The predicted molar refractivity (Wildman–Crippen MR) is 127 cm³/mol. The van der Waals surface area contributed by atoms with Gasteiger partial charge < -0.3 is 13.9 Å². The molecule has 2 aromatic heterocycles. The summed E-state index contributed by atoms with van der Waals surface area (Å²) in [4.78, 5) is 4.35. The van der Waals surface area contributed by atoms with E-state index in [1.165, 1.54) is 41.7 Å². The molecule has 0 saturated carbocycles. The Morgan fingerprint density at radius 1 is 0.972 bits per heavy atom. The van der Waals surface area contributed by atoms with Gasteiger partial charge in [0.15, 0.2) is 0 Å². The highest BCUT2D eigenvalue weighted by molar-refractivity contribution is 5.66. The molecule has 4 rings (SSSR count). The average molecular weight is 499 g/mol. The van der Waals surface area contributed by atoms with Crippen molar-refractivity contribution in [2.24, 2.45) is 0 Å². The molecule has 0 unspecified atom stereocenters. The van der Waals surface area contributed by atoms with Crippen LogP contribution in [0.5, 0.6) is 11.5 Å². The molecule has 0 radical (unpaired) electrons. The number of aromatic amines is 1. The lowest BCUT2D eigenvalue weighted by Gasteiger charge is -2.09. The van der Waals surface area contributed by atoms with E-state index < -0.39 is 6.36 Å². The first kappa shape index (κ1) is 25.0. The normalized spacial score (nSPS) is 11.8. The maximum atomic E-state index is 12.2. The molecule has 4 aromatic rings. The van der Waals surface area contributed by atoms with Gasteiger partial charge in [-0.3, -0.25) is 0 Å². The Bertz CT molecular complexity index is 1270. The molecule has 0 atom stereocenters. The Balaban J connectivity index is 1.23. The van der Waals surface area contributed by atoms with Crippen LogP contribution in [0.15, 0.2) is 59.3 Å². The van der Waals surface area contributed by atoms with Crippen LogP contribution in [-0.4, -0.2) is 26.8 Å². The third-order valence-corrected chi connectivity index (χ3v) is 5.40. The van der Waals surface area contributed by atoms with E-state index in [0.29, 0.717) is 17.1 Å². The van der Waals surface area contributed by atoms with E-state index >= 15 is 0 Å². The molecule has 0 aliphatic carbocycles. The van der Waals surface area contributed by atoms with Gasteiger partial charge in [-0.1, -0.05) is 18.2 Å². The van der Waals surface area contributed by atoms with Gasteiger partial charge in [0.25, 0.3) is 0 Å². The second-order valence-corrected chi connectivity index (χ2v) is 8.17. The Morgan fingerprint density at radius 2 is 1.75 bits per heavy atom. The Kier molecular flexibility index (Phi) is 8.04. The third-order valence-electron chi connectivity index (χ3n) is 5.40. The quantitative estimate of drug-likeness (QED) is 0.244. The summed E-state index contributed by atoms with van der Waals surface area (Å²) in [6.07, 6.45) is 5.87. The topological polar surface area (TPSA) is 86.1 Å². The molecular weight excluding hydrogens is 473 g/mol. The number of benzene rings is 2. The van der Waals surface area contributed by atoms with Crippen molar-refractivity contribution >= 4 is 12.2 Å². The molecule has 7 nitrogen and oxygen atoms in total. The molecule has 0 aliphatic rings. The van der Waals surface area contributed by atoms with Crippen LogP contribution in [0.1, 0.15) is 46.8 Å². The van der Waals surface area contributed by atoms with Crippen LogP contribution in [0.4, 0.5) is 13.2 Å². The number of rotatable bonds is 11. The van der Waals surface area contributed by atoms with Crippen LogP contribution in [0.3, 0.4) is 0 Å². The number of hydrogen-bond donors (Lipinski definition) is 1. The Morgan fingerprint density at radius 3 is 2.47 bits per heavy atom. The molecule has 188 valence electrons. The molecule has 2 heterocycles. The SMILES string of the molecule is Cc1cc(OCc2coc(C=Cc3ccc(OC(F)(F)F)cc3)n2)ccc1CCCCc1cn[nH]n1. The van der Waals surface area contributed by atoms with Gasteiger partial charge in [0.05, 0.1) is 11.9 Å². The summed E-state index contributed by atoms with van der Waals surface area (Å²) in [5, 5.41) is 10.5. The monoisotopic (exact) mass is 498 g/mol. The summed E-state index contributed by atoms with van der Waals surface area (Å²) in [7, 11) is 0. The van der Waals surface area contributed by atoms with Crippen LogP contribution in [0, 0.1) is 6.92 Å². The number of nitrogens with zero attached hydrogens (tertiary/aromatic N) is 3. The van der Waals surface area contributed by atoms with Crippen LogP contribution < -0.4 is 9.47 Å². The summed E-state index contributed by atoms with van der Waals surface area (Å²) >= 11 is 0. The molecule has 10 heteroatoms. The van der Waals surface area contributed by atoms with E-state index in [1.807, 2.05) is 12.1 Å². The van der Waals surface area contributed by atoms with E-state index in [-0.39, 0.29) is 12.4 Å². The van der Waals surface area contributed by atoms with Gasteiger partial charge in [-0.2, -0.15) is 15.4 Å². The number of H-pyrrole nitrogens is 1.